The van der Waals surface area contributed by atoms with Crippen LogP contribution in [0.25, 0.3) is 0 Å². The largest absolute Gasteiger partial charge is 0.325 e. The van der Waals surface area contributed by atoms with E-state index < -0.39 is 40.6 Å². The Morgan fingerprint density at radius 3 is 2.96 bits per heavy atom. The Morgan fingerprint density at radius 2 is 2.33 bits per heavy atom. The maximum atomic E-state index is 13.4. The summed E-state index contributed by atoms with van der Waals surface area (Å²) >= 11 is 1.27. The van der Waals surface area contributed by atoms with Gasteiger partial charge in [0.05, 0.1) is 12.1 Å². The van der Waals surface area contributed by atoms with E-state index in [4.69, 9.17) is 5.26 Å². The second kappa shape index (κ2) is 7.69. The van der Waals surface area contributed by atoms with Crippen LogP contribution in [0.1, 0.15) is 23.0 Å². The monoisotopic (exact) mass is 409 g/mol. The molecule has 0 spiro atoms. The van der Waals surface area contributed by atoms with Gasteiger partial charge in [0.2, 0.25) is 5.91 Å². The Labute approximate surface area is 159 Å². The molecule has 0 bridgehead atoms. The third kappa shape index (κ3) is 4.14. The van der Waals surface area contributed by atoms with Gasteiger partial charge in [-0.1, -0.05) is 0 Å². The van der Waals surface area contributed by atoms with Crippen molar-refractivity contribution in [1.82, 2.24) is 14.0 Å². The number of anilines is 1. The first kappa shape index (κ1) is 19.4. The summed E-state index contributed by atoms with van der Waals surface area (Å²) in [5.41, 5.74) is 0.692. The van der Waals surface area contributed by atoms with E-state index in [-0.39, 0.29) is 6.42 Å². The first-order chi connectivity index (χ1) is 12.8. The van der Waals surface area contributed by atoms with Gasteiger partial charge in [-0.15, -0.1) is 11.3 Å². The lowest BCUT2D eigenvalue weighted by atomic mass is 10.1. The molecule has 2 heterocycles. The van der Waals surface area contributed by atoms with Crippen LogP contribution < -0.4 is 10.0 Å². The minimum atomic E-state index is -4.06. The number of thiazole rings is 1. The van der Waals surface area contributed by atoms with Gasteiger partial charge in [0, 0.05) is 17.3 Å². The van der Waals surface area contributed by atoms with Crippen LogP contribution in [0.15, 0.2) is 29.8 Å². The highest BCUT2D eigenvalue weighted by Gasteiger charge is 2.43. The van der Waals surface area contributed by atoms with Crippen molar-refractivity contribution < 1.29 is 17.6 Å². The van der Waals surface area contributed by atoms with Crippen molar-refractivity contribution in [2.45, 2.75) is 25.4 Å². The second-order valence-electron chi connectivity index (χ2n) is 5.95. The molecular formula is C16H16FN5O3S2. The average Bonchev–Trinajstić information content (AvgIpc) is 3.14. The molecule has 1 amide bonds. The number of rotatable bonds is 4. The fourth-order valence-corrected chi connectivity index (χ4v) is 5.04. The molecule has 11 heteroatoms. The zero-order valence-corrected chi connectivity index (χ0v) is 15.8. The highest BCUT2D eigenvalue weighted by Crippen LogP contribution is 2.30. The minimum Gasteiger partial charge on any atom is -0.325 e. The molecule has 0 saturated carbocycles. The van der Waals surface area contributed by atoms with Gasteiger partial charge >= 0.3 is 0 Å². The van der Waals surface area contributed by atoms with Gasteiger partial charge in [-0.3, -0.25) is 4.79 Å². The van der Waals surface area contributed by atoms with E-state index in [2.05, 4.69) is 15.0 Å². The lowest BCUT2D eigenvalue weighted by molar-refractivity contribution is -0.120. The van der Waals surface area contributed by atoms with Crippen LogP contribution >= 0.6 is 11.3 Å². The number of amides is 1. The van der Waals surface area contributed by atoms with Gasteiger partial charge in [-0.2, -0.15) is 22.7 Å². The Kier molecular flexibility index (Phi) is 5.52. The molecule has 0 aliphatic carbocycles. The predicted octanol–water partition coefficient (Wildman–Crippen LogP) is 1.70. The summed E-state index contributed by atoms with van der Waals surface area (Å²) in [4.78, 5) is 16.9. The standard InChI is InChI=1S/C16H16FN5O3S2/c1-10-8-11(2-3-12(10)17)20-15(23)14-9-13(16-19-5-7-26-16)21-27(24,25)22(14)6-4-18/h2-3,5,7-8,13-14,21H,6,9H2,1H3,(H,20,23)/t13-,14+/m1/s1. The number of nitrogens with zero attached hydrogens (tertiary/aromatic N) is 3. The number of aromatic nitrogens is 1. The number of nitriles is 1. The van der Waals surface area contributed by atoms with E-state index in [0.717, 1.165) is 4.31 Å². The Morgan fingerprint density at radius 1 is 1.56 bits per heavy atom. The van der Waals surface area contributed by atoms with Crippen LogP contribution in [0.4, 0.5) is 10.1 Å². The summed E-state index contributed by atoms with van der Waals surface area (Å²) in [6.45, 7) is 1.08. The zero-order valence-electron chi connectivity index (χ0n) is 14.2. The van der Waals surface area contributed by atoms with E-state index in [9.17, 15) is 17.6 Å². The van der Waals surface area contributed by atoms with Gasteiger partial charge < -0.3 is 5.32 Å². The second-order valence-corrected chi connectivity index (χ2v) is 8.53. The summed E-state index contributed by atoms with van der Waals surface area (Å²) in [5, 5.41) is 13.8. The van der Waals surface area contributed by atoms with Crippen molar-refractivity contribution in [3.05, 3.63) is 46.2 Å². The Bertz CT molecular complexity index is 988. The van der Waals surface area contributed by atoms with Crippen molar-refractivity contribution in [2.75, 3.05) is 11.9 Å². The summed E-state index contributed by atoms with van der Waals surface area (Å²) in [7, 11) is -4.06. The van der Waals surface area contributed by atoms with Crippen molar-refractivity contribution in [3.63, 3.8) is 0 Å². The molecule has 1 fully saturated rings. The number of hydrogen-bond acceptors (Lipinski definition) is 6. The number of aryl methyl sites for hydroxylation is 1. The van der Waals surface area contributed by atoms with Crippen LogP contribution in [-0.2, 0) is 15.0 Å². The highest BCUT2D eigenvalue weighted by molar-refractivity contribution is 7.87. The number of halogens is 1. The van der Waals surface area contributed by atoms with E-state index in [1.54, 1.807) is 24.6 Å². The number of carbonyl (C=O) groups excluding carboxylic acids is 1. The molecular weight excluding hydrogens is 393 g/mol. The molecule has 1 aliphatic rings. The fraction of sp³-hybridized carbons (Fsp3) is 0.312. The minimum absolute atomic E-state index is 0.112. The lowest BCUT2D eigenvalue weighted by Gasteiger charge is -2.36. The predicted molar refractivity (Wildman–Crippen MR) is 97.4 cm³/mol. The first-order valence-corrected chi connectivity index (χ1v) is 10.3. The third-order valence-electron chi connectivity index (χ3n) is 4.11. The Balaban J connectivity index is 1.89. The number of carbonyl (C=O) groups is 1. The zero-order chi connectivity index (χ0) is 19.6. The van der Waals surface area contributed by atoms with E-state index in [1.807, 2.05) is 0 Å². The summed E-state index contributed by atoms with van der Waals surface area (Å²) in [5.74, 6) is -1.00. The van der Waals surface area contributed by atoms with E-state index >= 15 is 0 Å². The van der Waals surface area contributed by atoms with Gasteiger partial charge in [0.15, 0.2) is 0 Å². The topological polar surface area (TPSA) is 115 Å². The van der Waals surface area contributed by atoms with Gasteiger partial charge in [-0.25, -0.2) is 9.37 Å². The highest BCUT2D eigenvalue weighted by atomic mass is 32.2. The van der Waals surface area contributed by atoms with Crippen LogP contribution in [0, 0.1) is 24.1 Å². The third-order valence-corrected chi connectivity index (χ3v) is 6.58. The van der Waals surface area contributed by atoms with Crippen LogP contribution in [0.3, 0.4) is 0 Å². The maximum Gasteiger partial charge on any atom is 0.281 e. The molecule has 0 radical (unpaired) electrons. The van der Waals surface area contributed by atoms with Crippen LogP contribution in [0.5, 0.6) is 0 Å². The van der Waals surface area contributed by atoms with Gasteiger partial charge in [0.25, 0.3) is 10.2 Å². The first-order valence-electron chi connectivity index (χ1n) is 7.94. The SMILES string of the molecule is Cc1cc(NC(=O)[C@@H]2C[C@H](c3nccs3)NS(=O)(=O)N2CC#N)ccc1F. The fourth-order valence-electron chi connectivity index (χ4n) is 2.81. The molecule has 8 nitrogen and oxygen atoms in total. The quantitative estimate of drug-likeness (QED) is 0.746. The van der Waals surface area contributed by atoms with Crippen LogP contribution in [-0.4, -0.2) is 36.2 Å². The number of nitrogens with one attached hydrogen (secondary N) is 2. The van der Waals surface area contributed by atoms with E-state index in [0.29, 0.717) is 16.3 Å². The normalized spacial score (nSPS) is 22.1. The van der Waals surface area contributed by atoms with Gasteiger partial charge in [0.1, 0.15) is 23.4 Å². The molecule has 1 saturated heterocycles. The summed E-state index contributed by atoms with van der Waals surface area (Å²) in [6.07, 6.45) is 1.66. The van der Waals surface area contributed by atoms with Crippen molar-refractivity contribution in [1.29, 1.82) is 5.26 Å². The molecule has 2 aromatic rings. The van der Waals surface area contributed by atoms with Crippen molar-refractivity contribution in [2.24, 2.45) is 0 Å². The molecule has 2 atom stereocenters. The molecule has 2 N–H and O–H groups in total. The average molecular weight is 409 g/mol. The molecule has 3 rings (SSSR count). The molecule has 142 valence electrons. The number of hydrogen-bond donors (Lipinski definition) is 2. The molecule has 1 aromatic heterocycles. The summed E-state index contributed by atoms with van der Waals surface area (Å²) < 4.78 is 41.8. The van der Waals surface area contributed by atoms with Crippen molar-refractivity contribution >= 4 is 33.1 Å². The number of benzene rings is 1. The smallest absolute Gasteiger partial charge is 0.281 e. The van der Waals surface area contributed by atoms with E-state index in [1.165, 1.54) is 29.5 Å². The van der Waals surface area contributed by atoms with Crippen LogP contribution in [0.2, 0.25) is 0 Å². The van der Waals surface area contributed by atoms with Crippen molar-refractivity contribution in [3.8, 4) is 6.07 Å². The Hall–Kier alpha value is -2.39. The van der Waals surface area contributed by atoms with Gasteiger partial charge in [-0.05, 0) is 37.1 Å². The molecule has 0 unspecified atom stereocenters. The summed E-state index contributed by atoms with van der Waals surface area (Å²) in [6, 6.07) is 4.06. The molecule has 1 aliphatic heterocycles. The lowest BCUT2D eigenvalue weighted by Crippen LogP contribution is -2.57. The molecule has 27 heavy (non-hydrogen) atoms. The molecule has 1 aromatic carbocycles. The maximum absolute atomic E-state index is 13.4.